The quantitative estimate of drug-likeness (QED) is 0.795. The van der Waals surface area contributed by atoms with Crippen LogP contribution in [0.2, 0.25) is 0 Å². The predicted molar refractivity (Wildman–Crippen MR) is 68.4 cm³/mol. The molecule has 15 heavy (non-hydrogen) atoms. The normalized spacial score (nSPS) is 28.8. The molecule has 2 rings (SSSR count). The van der Waals surface area contributed by atoms with Gasteiger partial charge in [0.05, 0.1) is 0 Å². The first-order chi connectivity index (χ1) is 7.40. The summed E-state index contributed by atoms with van der Waals surface area (Å²) in [5, 5.41) is 3.58. The molecule has 0 radical (unpaired) electrons. The average molecular weight is 228 g/mol. The van der Waals surface area contributed by atoms with E-state index in [1.165, 1.54) is 50.9 Å². The maximum atomic E-state index is 3.58. The minimum absolute atomic E-state index is 0.747. The molecule has 1 atom stereocenters. The molecular formula is C12H24N2S. The molecule has 1 aliphatic carbocycles. The number of nitrogens with one attached hydrogen (secondary N) is 1. The first-order valence-electron chi connectivity index (χ1n) is 6.45. The van der Waals surface area contributed by atoms with Gasteiger partial charge in [0.2, 0.25) is 0 Å². The molecule has 0 aromatic heterocycles. The van der Waals surface area contributed by atoms with Crippen molar-refractivity contribution in [1.29, 1.82) is 0 Å². The van der Waals surface area contributed by atoms with E-state index in [4.69, 9.17) is 0 Å². The Morgan fingerprint density at radius 2 is 2.07 bits per heavy atom. The molecule has 1 N–H and O–H groups in total. The van der Waals surface area contributed by atoms with Gasteiger partial charge in [-0.3, -0.25) is 4.90 Å². The fourth-order valence-corrected chi connectivity index (χ4v) is 3.80. The van der Waals surface area contributed by atoms with E-state index in [-0.39, 0.29) is 0 Å². The maximum absolute atomic E-state index is 3.58. The van der Waals surface area contributed by atoms with Crippen LogP contribution in [0.3, 0.4) is 0 Å². The molecule has 1 heterocycles. The second kappa shape index (κ2) is 6.12. The Balaban J connectivity index is 1.79. The largest absolute Gasteiger partial charge is 0.303 e. The van der Waals surface area contributed by atoms with E-state index in [0.29, 0.717) is 0 Å². The Kier molecular flexibility index (Phi) is 4.79. The summed E-state index contributed by atoms with van der Waals surface area (Å²) in [4.78, 5) is 2.71. The highest BCUT2D eigenvalue weighted by Crippen LogP contribution is 2.23. The third kappa shape index (κ3) is 3.36. The van der Waals surface area contributed by atoms with Gasteiger partial charge in [0, 0.05) is 30.3 Å². The molecule has 0 amide bonds. The minimum atomic E-state index is 0.747. The summed E-state index contributed by atoms with van der Waals surface area (Å²) in [5.74, 6) is 2.47. The predicted octanol–water partition coefficient (Wildman–Crippen LogP) is 2.30. The van der Waals surface area contributed by atoms with E-state index in [9.17, 15) is 0 Å². The number of hydrogen-bond acceptors (Lipinski definition) is 3. The van der Waals surface area contributed by atoms with Crippen LogP contribution in [-0.4, -0.2) is 41.7 Å². The van der Waals surface area contributed by atoms with Crippen molar-refractivity contribution < 1.29 is 0 Å². The maximum Gasteiger partial charge on any atom is 0.0421 e. The number of nitrogens with zero attached hydrogens (tertiary/aromatic N) is 1. The summed E-state index contributed by atoms with van der Waals surface area (Å²) >= 11 is 2.04. The zero-order valence-corrected chi connectivity index (χ0v) is 10.7. The summed E-state index contributed by atoms with van der Waals surface area (Å²) in [6, 6.07) is 1.63. The lowest BCUT2D eigenvalue weighted by Crippen LogP contribution is -2.44. The minimum Gasteiger partial charge on any atom is -0.303 e. The molecular weight excluding hydrogens is 204 g/mol. The third-order valence-electron chi connectivity index (χ3n) is 3.75. The molecule has 3 heteroatoms. The topological polar surface area (TPSA) is 15.3 Å². The van der Waals surface area contributed by atoms with Gasteiger partial charge in [-0.1, -0.05) is 26.2 Å². The number of hydrogen-bond donors (Lipinski definition) is 1. The molecule has 0 aromatic carbocycles. The Morgan fingerprint density at radius 1 is 1.27 bits per heavy atom. The molecule has 2 aliphatic rings. The van der Waals surface area contributed by atoms with Crippen molar-refractivity contribution in [2.24, 2.45) is 0 Å². The average Bonchev–Trinajstić information content (AvgIpc) is 2.80. The van der Waals surface area contributed by atoms with E-state index in [0.717, 1.165) is 18.0 Å². The van der Waals surface area contributed by atoms with Gasteiger partial charge in [-0.2, -0.15) is 0 Å². The highest BCUT2D eigenvalue weighted by atomic mass is 32.2. The van der Waals surface area contributed by atoms with Crippen LogP contribution in [0, 0.1) is 0 Å². The summed E-state index contributed by atoms with van der Waals surface area (Å²) in [7, 11) is 0. The number of rotatable bonds is 4. The van der Waals surface area contributed by atoms with Crippen LogP contribution in [0.4, 0.5) is 0 Å². The number of likely N-dealkylation sites (N-methyl/N-ethyl adjacent to an activating group) is 1. The standard InChI is InChI=1S/C12H24N2S/c1-2-14(8-11-9-15-10-13-11)12-6-4-3-5-7-12/h11-13H,2-10H2,1H3. The molecule has 1 unspecified atom stereocenters. The molecule has 1 saturated heterocycles. The lowest BCUT2D eigenvalue weighted by molar-refractivity contribution is 0.153. The summed E-state index contributed by atoms with van der Waals surface area (Å²) < 4.78 is 0. The second-order valence-corrected chi connectivity index (χ2v) is 5.83. The van der Waals surface area contributed by atoms with Gasteiger partial charge in [-0.15, -0.1) is 11.8 Å². The molecule has 88 valence electrons. The Morgan fingerprint density at radius 3 is 2.67 bits per heavy atom. The third-order valence-corrected chi connectivity index (χ3v) is 4.75. The molecule has 0 bridgehead atoms. The van der Waals surface area contributed by atoms with Crippen LogP contribution in [0.5, 0.6) is 0 Å². The fraction of sp³-hybridized carbons (Fsp3) is 1.00. The lowest BCUT2D eigenvalue weighted by Gasteiger charge is -2.35. The van der Waals surface area contributed by atoms with Crippen molar-refractivity contribution in [2.75, 3.05) is 24.7 Å². The first kappa shape index (κ1) is 11.7. The summed E-state index contributed by atoms with van der Waals surface area (Å²) in [5.41, 5.74) is 0. The Hall–Kier alpha value is 0.270. The summed E-state index contributed by atoms with van der Waals surface area (Å²) in [6.07, 6.45) is 7.25. The SMILES string of the molecule is CCN(CC1CSCN1)C1CCCCC1. The lowest BCUT2D eigenvalue weighted by atomic mass is 9.94. The van der Waals surface area contributed by atoms with Crippen LogP contribution < -0.4 is 5.32 Å². The van der Waals surface area contributed by atoms with Crippen molar-refractivity contribution in [2.45, 2.75) is 51.1 Å². The van der Waals surface area contributed by atoms with Gasteiger partial charge < -0.3 is 5.32 Å². The van der Waals surface area contributed by atoms with Gasteiger partial charge in [0.1, 0.15) is 0 Å². The van der Waals surface area contributed by atoms with E-state index >= 15 is 0 Å². The van der Waals surface area contributed by atoms with Gasteiger partial charge in [-0.05, 0) is 19.4 Å². The fourth-order valence-electron chi connectivity index (χ4n) is 2.82. The zero-order valence-electron chi connectivity index (χ0n) is 9.87. The molecule has 0 aromatic rings. The summed E-state index contributed by atoms with van der Waals surface area (Å²) in [6.45, 7) is 4.82. The van der Waals surface area contributed by atoms with E-state index in [1.807, 2.05) is 11.8 Å². The Labute approximate surface area is 98.2 Å². The smallest absolute Gasteiger partial charge is 0.0421 e. The van der Waals surface area contributed by atoms with Crippen LogP contribution in [0.15, 0.2) is 0 Å². The van der Waals surface area contributed by atoms with Crippen LogP contribution >= 0.6 is 11.8 Å². The molecule has 2 fully saturated rings. The first-order valence-corrected chi connectivity index (χ1v) is 7.61. The zero-order chi connectivity index (χ0) is 10.5. The van der Waals surface area contributed by atoms with Crippen molar-refractivity contribution in [3.63, 3.8) is 0 Å². The monoisotopic (exact) mass is 228 g/mol. The molecule has 1 saturated carbocycles. The van der Waals surface area contributed by atoms with Crippen molar-refractivity contribution in [3.8, 4) is 0 Å². The van der Waals surface area contributed by atoms with Gasteiger partial charge >= 0.3 is 0 Å². The molecule has 1 aliphatic heterocycles. The van der Waals surface area contributed by atoms with Gasteiger partial charge in [0.25, 0.3) is 0 Å². The second-order valence-electron chi connectivity index (χ2n) is 4.80. The molecule has 2 nitrogen and oxygen atoms in total. The Bertz CT molecular complexity index is 174. The van der Waals surface area contributed by atoms with E-state index in [1.54, 1.807) is 0 Å². The van der Waals surface area contributed by atoms with Crippen molar-refractivity contribution >= 4 is 11.8 Å². The van der Waals surface area contributed by atoms with Crippen molar-refractivity contribution in [3.05, 3.63) is 0 Å². The van der Waals surface area contributed by atoms with E-state index < -0.39 is 0 Å². The van der Waals surface area contributed by atoms with Gasteiger partial charge in [0.15, 0.2) is 0 Å². The van der Waals surface area contributed by atoms with Crippen LogP contribution in [0.25, 0.3) is 0 Å². The van der Waals surface area contributed by atoms with Crippen LogP contribution in [0.1, 0.15) is 39.0 Å². The number of thioether (sulfide) groups is 1. The highest BCUT2D eigenvalue weighted by molar-refractivity contribution is 7.99. The van der Waals surface area contributed by atoms with Crippen LogP contribution in [-0.2, 0) is 0 Å². The van der Waals surface area contributed by atoms with Gasteiger partial charge in [-0.25, -0.2) is 0 Å². The molecule has 0 spiro atoms. The highest BCUT2D eigenvalue weighted by Gasteiger charge is 2.24. The van der Waals surface area contributed by atoms with Crippen molar-refractivity contribution in [1.82, 2.24) is 10.2 Å². The van der Waals surface area contributed by atoms with E-state index in [2.05, 4.69) is 17.1 Å².